The van der Waals surface area contributed by atoms with E-state index in [1.807, 2.05) is 32.9 Å². The Morgan fingerprint density at radius 3 is 2.16 bits per heavy atom. The van der Waals surface area contributed by atoms with Gasteiger partial charge >= 0.3 is 10.2 Å². The van der Waals surface area contributed by atoms with Gasteiger partial charge in [-0.25, -0.2) is 4.72 Å². The zero-order valence-corrected chi connectivity index (χ0v) is 38.3. The van der Waals surface area contributed by atoms with E-state index in [4.69, 9.17) is 0 Å². The number of carbonyl (C=O) groups excluding carboxylic acids is 5. The first-order valence-corrected chi connectivity index (χ1v) is 24.7. The summed E-state index contributed by atoms with van der Waals surface area (Å²) in [6.45, 7) is 16.5. The normalized spacial score (nSPS) is 30.1. The van der Waals surface area contributed by atoms with Crippen LogP contribution in [0.15, 0.2) is 36.9 Å². The van der Waals surface area contributed by atoms with Crippen molar-refractivity contribution >= 4 is 39.7 Å². The molecular formula is C47H69N7O7S. The molecule has 0 radical (unpaired) electrons. The number of rotatable bonds is 13. The Bertz CT molecular complexity index is 2090. The third-order valence-corrected chi connectivity index (χ3v) is 18.3. The first-order valence-electron chi connectivity index (χ1n) is 23.3. The monoisotopic (exact) mass is 875 g/mol. The Balaban J connectivity index is 1.03. The molecule has 1 aromatic rings. The maximum Gasteiger partial charge on any atom is 0.303 e. The summed E-state index contributed by atoms with van der Waals surface area (Å²) < 4.78 is 29.9. The third kappa shape index (κ3) is 7.69. The molecule has 14 nitrogen and oxygen atoms in total. The van der Waals surface area contributed by atoms with Gasteiger partial charge in [0.15, 0.2) is 0 Å². The molecule has 6 atom stereocenters. The van der Waals surface area contributed by atoms with Gasteiger partial charge in [-0.15, -0.1) is 6.58 Å². The predicted octanol–water partition coefficient (Wildman–Crippen LogP) is 3.96. The smallest absolute Gasteiger partial charge is 0.303 e. The summed E-state index contributed by atoms with van der Waals surface area (Å²) >= 11 is 0. The number of hydrogen-bond acceptors (Lipinski definition) is 8. The Morgan fingerprint density at radius 2 is 1.56 bits per heavy atom. The minimum absolute atomic E-state index is 0.0249. The number of carbonyl (C=O) groups is 5. The van der Waals surface area contributed by atoms with E-state index in [9.17, 15) is 27.6 Å². The van der Waals surface area contributed by atoms with Crippen molar-refractivity contribution in [1.29, 1.82) is 0 Å². The third-order valence-electron chi connectivity index (χ3n) is 16.8. The highest BCUT2D eigenvalue weighted by atomic mass is 32.2. The lowest BCUT2D eigenvalue weighted by Crippen LogP contribution is -2.62. The van der Waals surface area contributed by atoms with Crippen molar-refractivity contribution in [1.82, 2.24) is 34.8 Å². The van der Waals surface area contributed by atoms with Gasteiger partial charge in [-0.2, -0.15) is 12.7 Å². The van der Waals surface area contributed by atoms with Crippen molar-refractivity contribution in [3.05, 3.63) is 48.0 Å². The second-order valence-electron chi connectivity index (χ2n) is 21.4. The van der Waals surface area contributed by atoms with Crippen LogP contribution in [-0.4, -0.2) is 108 Å². The lowest BCUT2D eigenvalue weighted by atomic mass is 9.73. The number of likely N-dealkylation sites (tertiary alicyclic amines) is 1. The Hall–Kier alpha value is -3.82. The summed E-state index contributed by atoms with van der Waals surface area (Å²) in [6.07, 6.45) is 12.0. The second-order valence-corrected chi connectivity index (χ2v) is 23.0. The molecule has 0 aromatic heterocycles. The van der Waals surface area contributed by atoms with Crippen LogP contribution in [0.2, 0.25) is 0 Å². The molecule has 3 heterocycles. The molecule has 3 aliphatic heterocycles. The maximum atomic E-state index is 15.3. The van der Waals surface area contributed by atoms with E-state index in [-0.39, 0.29) is 46.9 Å². The van der Waals surface area contributed by atoms with Gasteiger partial charge in [-0.3, -0.25) is 28.9 Å². The van der Waals surface area contributed by atoms with Gasteiger partial charge in [0.2, 0.25) is 23.6 Å². The molecule has 4 aliphatic carbocycles. The number of nitrogens with one attached hydrogen (secondary N) is 4. The van der Waals surface area contributed by atoms with Gasteiger partial charge < -0.3 is 20.9 Å². The van der Waals surface area contributed by atoms with Crippen LogP contribution in [0.5, 0.6) is 0 Å². The highest BCUT2D eigenvalue weighted by Crippen LogP contribution is 2.88. The van der Waals surface area contributed by atoms with Crippen LogP contribution in [0, 0.1) is 33.5 Å². The fourth-order valence-electron chi connectivity index (χ4n) is 12.6. The molecular weight excluding hydrogens is 807 g/mol. The molecule has 0 bridgehead atoms. The van der Waals surface area contributed by atoms with Gasteiger partial charge in [0, 0.05) is 44.1 Å². The lowest BCUT2D eigenvalue weighted by molar-refractivity contribution is -0.145. The summed E-state index contributed by atoms with van der Waals surface area (Å²) in [6, 6.07) is 5.44. The molecule has 7 aliphatic rings. The molecule has 62 heavy (non-hydrogen) atoms. The van der Waals surface area contributed by atoms with E-state index in [1.165, 1.54) is 15.4 Å². The zero-order chi connectivity index (χ0) is 44.5. The first-order chi connectivity index (χ1) is 29.3. The van der Waals surface area contributed by atoms with Crippen LogP contribution in [0.4, 0.5) is 0 Å². The Morgan fingerprint density at radius 1 is 0.887 bits per heavy atom. The zero-order valence-electron chi connectivity index (χ0n) is 37.5. The van der Waals surface area contributed by atoms with Crippen molar-refractivity contribution in [2.45, 2.75) is 148 Å². The van der Waals surface area contributed by atoms with Crippen LogP contribution in [0.3, 0.4) is 0 Å². The topological polar surface area (TPSA) is 177 Å². The van der Waals surface area contributed by atoms with Crippen LogP contribution < -0.4 is 20.7 Å². The van der Waals surface area contributed by atoms with Crippen molar-refractivity contribution in [3.8, 4) is 0 Å². The van der Waals surface area contributed by atoms with Gasteiger partial charge in [-0.1, -0.05) is 90.6 Å². The van der Waals surface area contributed by atoms with Crippen molar-refractivity contribution < 1.29 is 32.4 Å². The summed E-state index contributed by atoms with van der Waals surface area (Å²) in [5.41, 5.74) is -0.330. The molecule has 340 valence electrons. The predicted molar refractivity (Wildman–Crippen MR) is 235 cm³/mol. The van der Waals surface area contributed by atoms with E-state index >= 15 is 4.79 Å². The molecule has 6 fully saturated rings. The van der Waals surface area contributed by atoms with Crippen LogP contribution in [0.25, 0.3) is 0 Å². The molecule has 5 amide bonds. The van der Waals surface area contributed by atoms with E-state index in [2.05, 4.69) is 58.1 Å². The Labute approximate surface area is 368 Å². The number of fused-ring (bicyclic) bond motifs is 2. The first kappa shape index (κ1) is 44.8. The summed E-state index contributed by atoms with van der Waals surface area (Å²) in [5.74, 6) is -2.91. The number of hydrogen-bond donors (Lipinski definition) is 4. The minimum Gasteiger partial charge on any atom is -0.343 e. The molecule has 8 rings (SSSR count). The largest absolute Gasteiger partial charge is 0.343 e. The van der Waals surface area contributed by atoms with Crippen molar-refractivity contribution in [2.24, 2.45) is 33.5 Å². The molecule has 1 unspecified atom stereocenters. The Kier molecular flexibility index (Phi) is 11.8. The molecule has 1 aromatic carbocycles. The van der Waals surface area contributed by atoms with Gasteiger partial charge in [0.1, 0.15) is 23.7 Å². The minimum atomic E-state index is -4.11. The van der Waals surface area contributed by atoms with Crippen LogP contribution in [0.1, 0.15) is 123 Å². The highest BCUT2D eigenvalue weighted by Gasteiger charge is 2.85. The number of amides is 5. The average Bonchev–Trinajstić information content (AvgIpc) is 3.67. The highest BCUT2D eigenvalue weighted by molar-refractivity contribution is 7.87. The summed E-state index contributed by atoms with van der Waals surface area (Å²) in [5, 5.41) is 9.23. The fourth-order valence-corrected chi connectivity index (χ4v) is 13.9. The van der Waals surface area contributed by atoms with Gasteiger partial charge in [-0.05, 0) is 91.1 Å². The number of nitrogens with zero attached hydrogens (tertiary/aromatic N) is 3. The maximum absolute atomic E-state index is 15.3. The van der Waals surface area contributed by atoms with Crippen molar-refractivity contribution in [2.75, 3.05) is 32.7 Å². The van der Waals surface area contributed by atoms with E-state index in [0.717, 1.165) is 64.3 Å². The molecule has 15 heteroatoms. The molecule has 2 saturated heterocycles. The average molecular weight is 876 g/mol. The molecule has 2 spiro atoms. The van der Waals surface area contributed by atoms with Crippen LogP contribution >= 0.6 is 0 Å². The van der Waals surface area contributed by atoms with E-state index in [1.54, 1.807) is 11.0 Å². The fraction of sp³-hybridized carbons (Fsp3) is 0.723. The lowest BCUT2D eigenvalue weighted by Gasteiger charge is -2.38. The van der Waals surface area contributed by atoms with Gasteiger partial charge in [0.25, 0.3) is 5.91 Å². The number of benzene rings is 1. The quantitative estimate of drug-likeness (QED) is 0.216. The van der Waals surface area contributed by atoms with E-state index in [0.29, 0.717) is 45.4 Å². The second kappa shape index (κ2) is 16.3. The summed E-state index contributed by atoms with van der Waals surface area (Å²) in [7, 11) is -4.11. The standard InChI is InChI=1S/C47H69N7O7S/c1-7-34-26-47(34,42(59)51-62(60,61)53-23-13-14-24-53)50-39(56)35-27-46(44(5,6)45(46)21-15-22-45)30-54(35)41(58)38(43(2,3)4)49-40(57)37(32-17-9-8-10-18-32)48-36(55)29-52-25-20-31-16-11-12-19-33(31)28-52/h7,11-12,16,19,32,34-35,37-38H,1,8-10,13-15,17-18,20-30H2,2-6H3,(H,48,55)(H,49,57)(H,50,56)(H,51,59)/t34-,35+,37?,38-,46-,47-/m1/s1. The molecule has 4 saturated carbocycles. The SMILES string of the molecule is C=C[C@@H]1C[C@]1(NC(=O)[C@@H]1C[C@@]2(CN1C(=O)[C@@H](NC(=O)C(NC(=O)CN1CCc3ccccc3C1)C1CCCCC1)C(C)(C)C)C(C)(C)C21CCC1)C(=O)NS(=O)(=O)N1CCCC1. The van der Waals surface area contributed by atoms with Gasteiger partial charge in [0.05, 0.1) is 6.54 Å². The summed E-state index contributed by atoms with van der Waals surface area (Å²) in [4.78, 5) is 76.2. The van der Waals surface area contributed by atoms with Crippen molar-refractivity contribution in [3.63, 3.8) is 0 Å². The van der Waals surface area contributed by atoms with E-state index < -0.39 is 62.9 Å². The van der Waals surface area contributed by atoms with Crippen LogP contribution in [-0.2, 0) is 47.1 Å². The molecule has 4 N–H and O–H groups in total.